The van der Waals surface area contributed by atoms with Gasteiger partial charge in [0.25, 0.3) is 0 Å². The number of likely N-dealkylation sites (tertiary alicyclic amines) is 1. The molecule has 1 aromatic carbocycles. The molecule has 0 radical (unpaired) electrons. The Labute approximate surface area is 147 Å². The van der Waals surface area contributed by atoms with E-state index in [2.05, 4.69) is 5.32 Å². The fourth-order valence-electron chi connectivity index (χ4n) is 2.62. The summed E-state index contributed by atoms with van der Waals surface area (Å²) in [5.74, 6) is -1.29. The van der Waals surface area contributed by atoms with Gasteiger partial charge in [0, 0.05) is 18.7 Å². The van der Waals surface area contributed by atoms with Gasteiger partial charge in [-0.25, -0.2) is 14.0 Å². The second kappa shape index (κ2) is 7.82. The zero-order chi connectivity index (χ0) is 18.6. The Balaban J connectivity index is 2.15. The molecule has 1 heterocycles. The quantitative estimate of drug-likeness (QED) is 0.844. The average molecular weight is 352 g/mol. The summed E-state index contributed by atoms with van der Waals surface area (Å²) in [6, 6.07) is 4.52. The topological polar surface area (TPSA) is 67.9 Å². The van der Waals surface area contributed by atoms with Crippen LogP contribution in [0.5, 0.6) is 0 Å². The van der Waals surface area contributed by atoms with E-state index in [4.69, 9.17) is 9.47 Å². The van der Waals surface area contributed by atoms with Crippen LogP contribution >= 0.6 is 0 Å². The highest BCUT2D eigenvalue weighted by Gasteiger charge is 2.32. The molecular weight excluding hydrogens is 327 g/mol. The van der Waals surface area contributed by atoms with Gasteiger partial charge in [-0.2, -0.15) is 0 Å². The first kappa shape index (κ1) is 19.2. The molecule has 1 aliphatic rings. The number of rotatable bonds is 4. The number of carbonyl (C=O) groups is 2. The van der Waals surface area contributed by atoms with Crippen molar-refractivity contribution in [3.63, 3.8) is 0 Å². The van der Waals surface area contributed by atoms with E-state index >= 15 is 0 Å². The van der Waals surface area contributed by atoms with Crippen molar-refractivity contribution < 1.29 is 23.5 Å². The van der Waals surface area contributed by atoms with Crippen LogP contribution < -0.4 is 5.32 Å². The number of nitrogens with zero attached hydrogens (tertiary/aromatic N) is 1. The molecule has 1 saturated heterocycles. The molecular formula is C18H25FN2O4. The number of nitrogens with one attached hydrogen (secondary N) is 1. The molecule has 2 rings (SSSR count). The van der Waals surface area contributed by atoms with Crippen molar-refractivity contribution in [1.82, 2.24) is 10.2 Å². The van der Waals surface area contributed by atoms with Crippen LogP contribution in [0.4, 0.5) is 9.18 Å². The van der Waals surface area contributed by atoms with Crippen LogP contribution in [0.15, 0.2) is 24.3 Å². The van der Waals surface area contributed by atoms with Crippen LogP contribution in [0.25, 0.3) is 0 Å². The zero-order valence-electron chi connectivity index (χ0n) is 15.0. The lowest BCUT2D eigenvalue weighted by Gasteiger charge is -2.24. The van der Waals surface area contributed by atoms with Crippen molar-refractivity contribution in [2.75, 3.05) is 20.1 Å². The highest BCUT2D eigenvalue weighted by Crippen LogP contribution is 2.22. The largest absolute Gasteiger partial charge is 0.459 e. The van der Waals surface area contributed by atoms with Gasteiger partial charge in [-0.3, -0.25) is 0 Å². The second-order valence-electron chi connectivity index (χ2n) is 7.21. The summed E-state index contributed by atoms with van der Waals surface area (Å²) in [4.78, 5) is 26.7. The third-order valence-corrected chi connectivity index (χ3v) is 3.74. The number of likely N-dealkylation sites (N-methyl/N-ethyl adjacent to an activating group) is 1. The van der Waals surface area contributed by atoms with Gasteiger partial charge < -0.3 is 19.7 Å². The van der Waals surface area contributed by atoms with Crippen molar-refractivity contribution in [3.8, 4) is 0 Å². The smallest absolute Gasteiger partial charge is 0.408 e. The molecule has 25 heavy (non-hydrogen) atoms. The van der Waals surface area contributed by atoms with Crippen molar-refractivity contribution in [1.29, 1.82) is 0 Å². The number of ether oxygens (including phenoxy) is 2. The maximum absolute atomic E-state index is 14.2. The number of hydrogen-bond donors (Lipinski definition) is 1. The Kier molecular flexibility index (Phi) is 6.00. The summed E-state index contributed by atoms with van der Waals surface area (Å²) < 4.78 is 24.8. The van der Waals surface area contributed by atoms with E-state index in [-0.39, 0.29) is 11.7 Å². The first-order valence-electron chi connectivity index (χ1n) is 8.28. The summed E-state index contributed by atoms with van der Waals surface area (Å²) in [5.41, 5.74) is -0.688. The Morgan fingerprint density at radius 1 is 1.32 bits per heavy atom. The molecule has 1 aliphatic heterocycles. The van der Waals surface area contributed by atoms with Crippen molar-refractivity contribution in [2.45, 2.75) is 44.9 Å². The van der Waals surface area contributed by atoms with E-state index in [1.165, 1.54) is 18.2 Å². The van der Waals surface area contributed by atoms with E-state index < -0.39 is 29.5 Å². The van der Waals surface area contributed by atoms with Crippen molar-refractivity contribution in [3.05, 3.63) is 35.6 Å². The molecule has 1 amide bonds. The fraction of sp³-hybridized carbons (Fsp3) is 0.556. The molecule has 1 N–H and O–H groups in total. The number of halogens is 1. The highest BCUT2D eigenvalue weighted by molar-refractivity contribution is 5.83. The van der Waals surface area contributed by atoms with Gasteiger partial charge >= 0.3 is 12.1 Å². The SMILES string of the molecule is CN1CC[C@@H](OC(=O)C(NC(=O)OC(C)(C)C)c2ccccc2F)C1. The number of amides is 1. The first-order chi connectivity index (χ1) is 11.7. The molecule has 1 fully saturated rings. The molecule has 2 atom stereocenters. The second-order valence-corrected chi connectivity index (χ2v) is 7.21. The van der Waals surface area contributed by atoms with Gasteiger partial charge in [-0.15, -0.1) is 0 Å². The summed E-state index contributed by atoms with van der Waals surface area (Å²) in [6.45, 7) is 6.55. The van der Waals surface area contributed by atoms with E-state index in [0.717, 1.165) is 6.54 Å². The predicted molar refractivity (Wildman–Crippen MR) is 90.5 cm³/mol. The average Bonchev–Trinajstić information content (AvgIpc) is 2.89. The van der Waals surface area contributed by atoms with Crippen LogP contribution in [0, 0.1) is 5.82 Å². The third kappa shape index (κ3) is 5.70. The Morgan fingerprint density at radius 2 is 2.00 bits per heavy atom. The lowest BCUT2D eigenvalue weighted by molar-refractivity contribution is -0.151. The molecule has 0 aromatic heterocycles. The monoisotopic (exact) mass is 352 g/mol. The highest BCUT2D eigenvalue weighted by atomic mass is 19.1. The molecule has 0 bridgehead atoms. The first-order valence-corrected chi connectivity index (χ1v) is 8.28. The standard InChI is InChI=1S/C18H25FN2O4/c1-18(2,3)25-17(23)20-15(13-7-5-6-8-14(13)19)16(22)24-12-9-10-21(4)11-12/h5-8,12,15H,9-11H2,1-4H3,(H,20,23)/t12-,15?/m1/s1. The van der Waals surface area contributed by atoms with Crippen LogP contribution in [0.1, 0.15) is 38.8 Å². The third-order valence-electron chi connectivity index (χ3n) is 3.74. The normalized spacial score (nSPS) is 19.3. The van der Waals surface area contributed by atoms with Crippen molar-refractivity contribution >= 4 is 12.1 Å². The molecule has 138 valence electrons. The van der Waals surface area contributed by atoms with Gasteiger partial charge in [0.2, 0.25) is 0 Å². The Bertz CT molecular complexity index is 630. The van der Waals surface area contributed by atoms with E-state index in [1.807, 2.05) is 11.9 Å². The van der Waals surface area contributed by atoms with Gasteiger partial charge in [-0.1, -0.05) is 18.2 Å². The van der Waals surface area contributed by atoms with Crippen LogP contribution in [-0.4, -0.2) is 48.8 Å². The van der Waals surface area contributed by atoms with Gasteiger partial charge in [0.15, 0.2) is 6.04 Å². The van der Waals surface area contributed by atoms with Gasteiger partial charge in [0.1, 0.15) is 17.5 Å². The maximum Gasteiger partial charge on any atom is 0.408 e. The van der Waals surface area contributed by atoms with Crippen molar-refractivity contribution in [2.24, 2.45) is 0 Å². The number of benzene rings is 1. The minimum Gasteiger partial charge on any atom is -0.459 e. The molecule has 0 aliphatic carbocycles. The van der Waals surface area contributed by atoms with E-state index in [9.17, 15) is 14.0 Å². The zero-order valence-corrected chi connectivity index (χ0v) is 15.0. The lowest BCUT2D eigenvalue weighted by atomic mass is 10.1. The lowest BCUT2D eigenvalue weighted by Crippen LogP contribution is -2.40. The molecule has 7 heteroatoms. The van der Waals surface area contributed by atoms with Gasteiger partial charge in [-0.05, 0) is 40.3 Å². The number of esters is 1. The Morgan fingerprint density at radius 3 is 2.56 bits per heavy atom. The molecule has 0 saturated carbocycles. The number of carbonyl (C=O) groups excluding carboxylic acids is 2. The number of hydrogen-bond acceptors (Lipinski definition) is 5. The van der Waals surface area contributed by atoms with Gasteiger partial charge in [0.05, 0.1) is 0 Å². The van der Waals surface area contributed by atoms with E-state index in [1.54, 1.807) is 26.8 Å². The molecule has 1 aromatic rings. The summed E-state index contributed by atoms with van der Waals surface area (Å²) >= 11 is 0. The fourth-order valence-corrected chi connectivity index (χ4v) is 2.62. The summed E-state index contributed by atoms with van der Waals surface area (Å²) in [7, 11) is 1.93. The Hall–Kier alpha value is -2.15. The summed E-state index contributed by atoms with van der Waals surface area (Å²) in [5, 5.41) is 2.43. The molecule has 6 nitrogen and oxygen atoms in total. The van der Waals surface area contributed by atoms with Crippen LogP contribution in [0.2, 0.25) is 0 Å². The summed E-state index contributed by atoms with van der Waals surface area (Å²) in [6.07, 6.45) is -0.368. The minimum atomic E-state index is -1.26. The molecule has 1 unspecified atom stereocenters. The maximum atomic E-state index is 14.2. The van der Waals surface area contributed by atoms with Crippen LogP contribution in [-0.2, 0) is 14.3 Å². The minimum absolute atomic E-state index is 0.0460. The molecule has 0 spiro atoms. The number of alkyl carbamates (subject to hydrolysis) is 1. The predicted octanol–water partition coefficient (Wildman–Crippen LogP) is 2.64. The van der Waals surface area contributed by atoms with E-state index in [0.29, 0.717) is 13.0 Å². The van der Waals surface area contributed by atoms with Crippen LogP contribution in [0.3, 0.4) is 0 Å².